The van der Waals surface area contributed by atoms with Crippen molar-refractivity contribution >= 4 is 25.7 Å². The van der Waals surface area contributed by atoms with Crippen LogP contribution in [0.1, 0.15) is 201 Å². The van der Waals surface area contributed by atoms with Crippen LogP contribution in [0, 0.1) is 0 Å². The fraction of sp³-hybridized carbons (Fsp3) is 0.561. The second-order valence-corrected chi connectivity index (χ2v) is 20.1. The Bertz CT molecular complexity index is 1910. The fourth-order valence-corrected chi connectivity index (χ4v) is 7.88. The van der Waals surface area contributed by atoms with Gasteiger partial charge in [0.2, 0.25) is 0 Å². The van der Waals surface area contributed by atoms with E-state index in [9.17, 15) is 28.9 Å². The molecule has 438 valence electrons. The molecule has 11 nitrogen and oxygen atoms in total. The van der Waals surface area contributed by atoms with Crippen molar-refractivity contribution in [1.29, 1.82) is 0 Å². The third kappa shape index (κ3) is 55.8. The topological polar surface area (TPSA) is 155 Å². The molecule has 0 radical (unpaired) electrons. The first-order chi connectivity index (χ1) is 38.2. The molecule has 12 heteroatoms. The van der Waals surface area contributed by atoms with Crippen LogP contribution in [0.5, 0.6) is 0 Å². The number of unbranched alkanes of at least 4 members (excludes halogenated alkanes) is 9. The Hall–Kier alpha value is -4.90. The molecule has 0 saturated carbocycles. The third-order valence-electron chi connectivity index (χ3n) is 11.4. The Kier molecular flexibility index (Phi) is 54.6. The maximum atomic E-state index is 12.9. The number of phosphoric acid groups is 1. The summed E-state index contributed by atoms with van der Waals surface area (Å²) in [4.78, 5) is 48.5. The number of aliphatic hydroxyl groups is 1. The molecule has 0 aromatic rings. The lowest BCUT2D eigenvalue weighted by atomic mass is 10.1. The zero-order valence-electron chi connectivity index (χ0n) is 48.3. The van der Waals surface area contributed by atoms with Crippen LogP contribution in [0.2, 0.25) is 0 Å². The molecule has 0 bridgehead atoms. The van der Waals surface area contributed by atoms with E-state index < -0.39 is 64.4 Å². The van der Waals surface area contributed by atoms with Crippen molar-refractivity contribution in [2.45, 2.75) is 213 Å². The summed E-state index contributed by atoms with van der Waals surface area (Å²) in [6.45, 7) is 4.14. The number of aliphatic hydroxyl groups excluding tert-OH is 1. The molecule has 0 aliphatic carbocycles. The van der Waals surface area contributed by atoms with Crippen LogP contribution in [-0.2, 0) is 42.2 Å². The molecule has 0 fully saturated rings. The Balaban J connectivity index is 4.85. The van der Waals surface area contributed by atoms with E-state index in [-0.39, 0.29) is 19.3 Å². The lowest BCUT2D eigenvalue weighted by Gasteiger charge is -2.21. The molecular formula is C66H103O11P. The molecule has 0 rings (SSSR count). The minimum absolute atomic E-state index is 0.0255. The van der Waals surface area contributed by atoms with E-state index in [1.165, 1.54) is 0 Å². The molecule has 0 aromatic carbocycles. The molecule has 0 saturated heterocycles. The number of esters is 3. The Labute approximate surface area is 473 Å². The Morgan fingerprint density at radius 3 is 1.05 bits per heavy atom. The van der Waals surface area contributed by atoms with E-state index in [0.29, 0.717) is 25.7 Å². The van der Waals surface area contributed by atoms with E-state index in [2.05, 4.69) is 167 Å². The average Bonchev–Trinajstić information content (AvgIpc) is 3.43. The van der Waals surface area contributed by atoms with Crippen molar-refractivity contribution in [3.05, 3.63) is 158 Å². The molecule has 2 N–H and O–H groups in total. The minimum Gasteiger partial charge on any atom is -0.462 e. The normalized spacial score (nSPS) is 14.5. The van der Waals surface area contributed by atoms with Crippen molar-refractivity contribution in [3.8, 4) is 0 Å². The largest absolute Gasteiger partial charge is 0.472 e. The van der Waals surface area contributed by atoms with Crippen LogP contribution in [0.3, 0.4) is 0 Å². The highest BCUT2D eigenvalue weighted by molar-refractivity contribution is 7.47. The van der Waals surface area contributed by atoms with E-state index in [0.717, 1.165) is 135 Å². The summed E-state index contributed by atoms with van der Waals surface area (Å²) >= 11 is 0. The van der Waals surface area contributed by atoms with Gasteiger partial charge in [0.05, 0.1) is 19.8 Å². The predicted octanol–water partition coefficient (Wildman–Crippen LogP) is 17.7. The number of hydrogen-bond donors (Lipinski definition) is 2. The lowest BCUT2D eigenvalue weighted by Crippen LogP contribution is -2.30. The Morgan fingerprint density at radius 2 is 0.654 bits per heavy atom. The van der Waals surface area contributed by atoms with Gasteiger partial charge in [-0.1, -0.05) is 211 Å². The number of carbonyl (C=O) groups is 3. The van der Waals surface area contributed by atoms with Crippen molar-refractivity contribution in [2.24, 2.45) is 0 Å². The second kappa shape index (κ2) is 58.3. The quantitative estimate of drug-likeness (QED) is 0.0197. The number of allylic oxidation sites excluding steroid dienone is 26. The van der Waals surface area contributed by atoms with Crippen LogP contribution in [-0.4, -0.2) is 66.5 Å². The molecule has 78 heavy (non-hydrogen) atoms. The summed E-state index contributed by atoms with van der Waals surface area (Å²) in [5.41, 5.74) is 0. The first kappa shape index (κ1) is 73.1. The van der Waals surface area contributed by atoms with Gasteiger partial charge in [0.15, 0.2) is 6.10 Å². The van der Waals surface area contributed by atoms with Crippen molar-refractivity contribution in [1.82, 2.24) is 0 Å². The zero-order valence-corrected chi connectivity index (χ0v) is 49.2. The van der Waals surface area contributed by atoms with Crippen LogP contribution in [0.4, 0.5) is 0 Å². The molecular weight excluding hydrogens is 1000 g/mol. The van der Waals surface area contributed by atoms with Gasteiger partial charge >= 0.3 is 25.7 Å². The minimum atomic E-state index is -4.79. The maximum Gasteiger partial charge on any atom is 0.472 e. The maximum absolute atomic E-state index is 12.9. The van der Waals surface area contributed by atoms with Gasteiger partial charge in [0.25, 0.3) is 0 Å². The zero-order chi connectivity index (χ0) is 56.9. The molecule has 0 aromatic heterocycles. The summed E-state index contributed by atoms with van der Waals surface area (Å²) in [7, 11) is -4.79. The third-order valence-corrected chi connectivity index (χ3v) is 12.4. The summed E-state index contributed by atoms with van der Waals surface area (Å²) in [5, 5.41) is 9.83. The first-order valence-corrected chi connectivity index (χ1v) is 30.9. The second-order valence-electron chi connectivity index (χ2n) is 18.7. The molecule has 0 aliphatic rings. The number of carbonyl (C=O) groups excluding carboxylic acids is 3. The summed E-state index contributed by atoms with van der Waals surface area (Å²) in [6, 6.07) is 0. The smallest absolute Gasteiger partial charge is 0.462 e. The van der Waals surface area contributed by atoms with Crippen LogP contribution >= 0.6 is 7.82 Å². The van der Waals surface area contributed by atoms with Gasteiger partial charge in [-0.3, -0.25) is 23.4 Å². The molecule has 3 atom stereocenters. The molecule has 0 heterocycles. The van der Waals surface area contributed by atoms with Gasteiger partial charge < -0.3 is 24.2 Å². The standard InChI is InChI=1S/C66H103O11P/c1-4-7-10-13-16-19-22-25-27-29-31-33-35-38-41-44-47-50-53-56-65(69)76-62(58-67)60-74-78(71,72)75-61-63(59-73-64(68)55-52-49-46-43-40-37-24-21-18-15-12-9-6-3)77-66(70)57-54-51-48-45-42-39-36-34-32-30-28-26-23-20-17-14-11-8-5-2/h7-12,16-21,25-28,31-34,37,39-40,42,48,51,62-63,67H,4-6,13-15,22-24,29-30,35-36,38,41,43-47,49-50,52-61H2,1-3H3,(H,71,72)/b10-7-,11-8-,12-9-,19-16-,20-17-,21-18-,27-25-,28-26-,33-31-,34-32-,40-37-,42-39-,51-48-. The summed E-state index contributed by atoms with van der Waals surface area (Å²) in [5.74, 6) is -1.64. The van der Waals surface area contributed by atoms with Crippen LogP contribution in [0.15, 0.2) is 158 Å². The molecule has 0 amide bonds. The first-order valence-electron chi connectivity index (χ1n) is 29.4. The van der Waals surface area contributed by atoms with E-state index >= 15 is 0 Å². The predicted molar refractivity (Wildman–Crippen MR) is 325 cm³/mol. The average molecular weight is 1100 g/mol. The van der Waals surface area contributed by atoms with Crippen LogP contribution < -0.4 is 0 Å². The van der Waals surface area contributed by atoms with Gasteiger partial charge in [0, 0.05) is 19.3 Å². The van der Waals surface area contributed by atoms with Crippen molar-refractivity contribution in [2.75, 3.05) is 26.4 Å². The van der Waals surface area contributed by atoms with Crippen LogP contribution in [0.25, 0.3) is 0 Å². The van der Waals surface area contributed by atoms with Gasteiger partial charge in [0.1, 0.15) is 12.7 Å². The van der Waals surface area contributed by atoms with Gasteiger partial charge in [-0.15, -0.1) is 0 Å². The molecule has 0 spiro atoms. The number of ether oxygens (including phenoxy) is 3. The highest BCUT2D eigenvalue weighted by atomic mass is 31.2. The van der Waals surface area contributed by atoms with Crippen molar-refractivity contribution < 1.29 is 52.2 Å². The lowest BCUT2D eigenvalue weighted by molar-refractivity contribution is -0.161. The number of hydrogen-bond acceptors (Lipinski definition) is 10. The van der Waals surface area contributed by atoms with Gasteiger partial charge in [-0.25, -0.2) is 4.57 Å². The van der Waals surface area contributed by atoms with Gasteiger partial charge in [-0.2, -0.15) is 0 Å². The fourth-order valence-electron chi connectivity index (χ4n) is 7.09. The SMILES string of the molecule is CC/C=C\C/C=C\C/C=C\C/C=C\C/C=C\C/C=C\CCC(=O)OC(COC(=O)CCCCC/C=C\C/C=C\C/C=C\CC)COP(=O)(O)OCC(CO)OC(=O)CCCCCCCC/C=C\C/C=C\C/C=C\C/C=C\CC. The van der Waals surface area contributed by atoms with E-state index in [4.69, 9.17) is 23.3 Å². The molecule has 3 unspecified atom stereocenters. The summed E-state index contributed by atoms with van der Waals surface area (Å²) in [6.07, 6.45) is 76.5. The summed E-state index contributed by atoms with van der Waals surface area (Å²) < 4.78 is 39.4. The number of rotatable bonds is 52. The Morgan fingerprint density at radius 1 is 0.359 bits per heavy atom. The van der Waals surface area contributed by atoms with Crippen molar-refractivity contribution in [3.63, 3.8) is 0 Å². The molecule has 0 aliphatic heterocycles. The van der Waals surface area contributed by atoms with E-state index in [1.54, 1.807) is 0 Å². The monoisotopic (exact) mass is 1100 g/mol. The highest BCUT2D eigenvalue weighted by Crippen LogP contribution is 2.43. The highest BCUT2D eigenvalue weighted by Gasteiger charge is 2.28. The van der Waals surface area contributed by atoms with E-state index in [1.807, 2.05) is 12.2 Å². The number of phosphoric ester groups is 1. The van der Waals surface area contributed by atoms with Gasteiger partial charge in [-0.05, 0) is 128 Å².